The SMILES string of the molecule is CCOC(=O)CNc1ccccc1C(C)(C)c1ccccc1NCC(=O)OCC. The number of ether oxygens (including phenoxy) is 2. The fourth-order valence-corrected chi connectivity index (χ4v) is 3.27. The van der Waals surface area contributed by atoms with E-state index in [-0.39, 0.29) is 25.0 Å². The molecule has 0 heterocycles. The number of anilines is 2. The van der Waals surface area contributed by atoms with Gasteiger partial charge < -0.3 is 20.1 Å². The van der Waals surface area contributed by atoms with Gasteiger partial charge in [-0.15, -0.1) is 0 Å². The molecule has 0 aromatic heterocycles. The monoisotopic (exact) mass is 398 g/mol. The second-order valence-electron chi connectivity index (χ2n) is 7.03. The summed E-state index contributed by atoms with van der Waals surface area (Å²) in [6.45, 7) is 8.71. The van der Waals surface area contributed by atoms with E-state index in [2.05, 4.69) is 24.5 Å². The van der Waals surface area contributed by atoms with Crippen LogP contribution in [0.25, 0.3) is 0 Å². The Morgan fingerprint density at radius 3 is 1.52 bits per heavy atom. The van der Waals surface area contributed by atoms with Crippen LogP contribution in [0, 0.1) is 0 Å². The Labute approximate surface area is 172 Å². The van der Waals surface area contributed by atoms with Gasteiger partial charge >= 0.3 is 11.9 Å². The number of esters is 2. The van der Waals surface area contributed by atoms with E-state index < -0.39 is 5.41 Å². The molecular weight excluding hydrogens is 368 g/mol. The molecule has 2 aromatic rings. The first-order chi connectivity index (χ1) is 13.9. The summed E-state index contributed by atoms with van der Waals surface area (Å²) in [7, 11) is 0. The molecule has 0 amide bonds. The quantitative estimate of drug-likeness (QED) is 0.590. The van der Waals surface area contributed by atoms with Gasteiger partial charge in [-0.25, -0.2) is 0 Å². The van der Waals surface area contributed by atoms with E-state index in [1.807, 2.05) is 48.5 Å². The molecule has 0 fully saturated rings. The van der Waals surface area contributed by atoms with Gasteiger partial charge in [-0.05, 0) is 37.1 Å². The standard InChI is InChI=1S/C23H30N2O4/c1-5-28-21(26)15-24-19-13-9-7-11-17(19)23(3,4)18-12-8-10-14-20(18)25-16-22(27)29-6-2/h7-14,24-25H,5-6,15-16H2,1-4H3. The highest BCUT2D eigenvalue weighted by molar-refractivity contribution is 5.77. The van der Waals surface area contributed by atoms with E-state index in [1.165, 1.54) is 0 Å². The van der Waals surface area contributed by atoms with Gasteiger partial charge in [0.25, 0.3) is 0 Å². The zero-order valence-electron chi connectivity index (χ0n) is 17.6. The number of nitrogens with one attached hydrogen (secondary N) is 2. The van der Waals surface area contributed by atoms with Gasteiger partial charge in [-0.3, -0.25) is 9.59 Å². The van der Waals surface area contributed by atoms with Crippen LogP contribution in [-0.2, 0) is 24.5 Å². The number of hydrogen-bond donors (Lipinski definition) is 2. The van der Waals surface area contributed by atoms with Crippen LogP contribution in [0.3, 0.4) is 0 Å². The molecule has 0 saturated carbocycles. The van der Waals surface area contributed by atoms with Crippen molar-refractivity contribution in [3.63, 3.8) is 0 Å². The number of carbonyl (C=O) groups excluding carboxylic acids is 2. The first kappa shape index (κ1) is 22.3. The minimum atomic E-state index is -0.392. The van der Waals surface area contributed by atoms with Crippen LogP contribution < -0.4 is 10.6 Å². The van der Waals surface area contributed by atoms with E-state index in [1.54, 1.807) is 13.8 Å². The lowest BCUT2D eigenvalue weighted by Gasteiger charge is -2.31. The number of benzene rings is 2. The summed E-state index contributed by atoms with van der Waals surface area (Å²) in [6.07, 6.45) is 0. The smallest absolute Gasteiger partial charge is 0.325 e. The molecule has 2 rings (SSSR count). The second kappa shape index (κ2) is 10.5. The molecule has 0 atom stereocenters. The fraction of sp³-hybridized carbons (Fsp3) is 0.391. The normalized spacial score (nSPS) is 10.9. The molecule has 6 nitrogen and oxygen atoms in total. The van der Waals surface area contributed by atoms with E-state index >= 15 is 0 Å². The number of para-hydroxylation sites is 2. The third-order valence-corrected chi connectivity index (χ3v) is 4.66. The van der Waals surface area contributed by atoms with E-state index in [9.17, 15) is 9.59 Å². The summed E-state index contributed by atoms with van der Waals surface area (Å²) in [6, 6.07) is 15.8. The highest BCUT2D eigenvalue weighted by Gasteiger charge is 2.28. The molecule has 29 heavy (non-hydrogen) atoms. The minimum absolute atomic E-state index is 0.101. The Morgan fingerprint density at radius 2 is 1.14 bits per heavy atom. The average molecular weight is 399 g/mol. The topological polar surface area (TPSA) is 76.7 Å². The lowest BCUT2D eigenvalue weighted by Crippen LogP contribution is -2.25. The molecule has 6 heteroatoms. The van der Waals surface area contributed by atoms with E-state index in [0.717, 1.165) is 22.5 Å². The van der Waals surface area contributed by atoms with Crippen LogP contribution in [-0.4, -0.2) is 38.2 Å². The zero-order valence-corrected chi connectivity index (χ0v) is 17.6. The van der Waals surface area contributed by atoms with Crippen LogP contribution in [0.5, 0.6) is 0 Å². The Balaban J connectivity index is 2.29. The Bertz CT molecular complexity index is 766. The average Bonchev–Trinajstić information content (AvgIpc) is 2.71. The van der Waals surface area contributed by atoms with Crippen molar-refractivity contribution in [2.24, 2.45) is 0 Å². The van der Waals surface area contributed by atoms with Gasteiger partial charge in [-0.1, -0.05) is 50.2 Å². The Kier molecular flexibility index (Phi) is 8.07. The second-order valence-corrected chi connectivity index (χ2v) is 7.03. The molecule has 0 aliphatic heterocycles. The van der Waals surface area contributed by atoms with Gasteiger partial charge in [0.2, 0.25) is 0 Å². The summed E-state index contributed by atoms with van der Waals surface area (Å²) in [5.41, 5.74) is 3.41. The number of hydrogen-bond acceptors (Lipinski definition) is 6. The van der Waals surface area contributed by atoms with Crippen molar-refractivity contribution in [2.75, 3.05) is 36.9 Å². The Morgan fingerprint density at radius 1 is 0.759 bits per heavy atom. The number of rotatable bonds is 10. The molecule has 2 N–H and O–H groups in total. The largest absolute Gasteiger partial charge is 0.465 e. The summed E-state index contributed by atoms with van der Waals surface area (Å²) < 4.78 is 10.0. The molecule has 156 valence electrons. The van der Waals surface area contributed by atoms with Crippen molar-refractivity contribution in [3.8, 4) is 0 Å². The highest BCUT2D eigenvalue weighted by atomic mass is 16.5. The fourth-order valence-electron chi connectivity index (χ4n) is 3.27. The first-order valence-corrected chi connectivity index (χ1v) is 9.88. The maximum absolute atomic E-state index is 11.8. The van der Waals surface area contributed by atoms with Crippen LogP contribution in [0.15, 0.2) is 48.5 Å². The minimum Gasteiger partial charge on any atom is -0.465 e. The van der Waals surface area contributed by atoms with Crippen LogP contribution in [0.2, 0.25) is 0 Å². The lowest BCUT2D eigenvalue weighted by atomic mass is 9.76. The maximum Gasteiger partial charge on any atom is 0.325 e. The van der Waals surface area contributed by atoms with E-state index in [0.29, 0.717) is 13.2 Å². The van der Waals surface area contributed by atoms with Crippen molar-refractivity contribution in [1.29, 1.82) is 0 Å². The first-order valence-electron chi connectivity index (χ1n) is 9.88. The van der Waals surface area contributed by atoms with Gasteiger partial charge in [0.05, 0.1) is 13.2 Å². The molecule has 0 aliphatic carbocycles. The van der Waals surface area contributed by atoms with Crippen molar-refractivity contribution >= 4 is 23.3 Å². The van der Waals surface area contributed by atoms with Crippen molar-refractivity contribution in [2.45, 2.75) is 33.1 Å². The number of carbonyl (C=O) groups is 2. The Hall–Kier alpha value is -3.02. The lowest BCUT2D eigenvalue weighted by molar-refractivity contribution is -0.141. The predicted molar refractivity (Wildman–Crippen MR) is 115 cm³/mol. The molecular formula is C23H30N2O4. The third-order valence-electron chi connectivity index (χ3n) is 4.66. The van der Waals surface area contributed by atoms with Gasteiger partial charge in [0, 0.05) is 16.8 Å². The molecule has 0 unspecified atom stereocenters. The van der Waals surface area contributed by atoms with Crippen molar-refractivity contribution in [3.05, 3.63) is 59.7 Å². The van der Waals surface area contributed by atoms with Gasteiger partial charge in [-0.2, -0.15) is 0 Å². The van der Waals surface area contributed by atoms with Gasteiger partial charge in [0.15, 0.2) is 0 Å². The molecule has 0 aliphatic rings. The molecule has 0 bridgehead atoms. The summed E-state index contributed by atoms with van der Waals surface area (Å²) in [4.78, 5) is 23.5. The summed E-state index contributed by atoms with van der Waals surface area (Å²) >= 11 is 0. The zero-order chi connectivity index (χ0) is 21.3. The summed E-state index contributed by atoms with van der Waals surface area (Å²) in [5, 5.41) is 6.38. The highest BCUT2D eigenvalue weighted by Crippen LogP contribution is 2.39. The van der Waals surface area contributed by atoms with Crippen LogP contribution >= 0.6 is 0 Å². The molecule has 0 saturated heterocycles. The van der Waals surface area contributed by atoms with Crippen molar-refractivity contribution in [1.82, 2.24) is 0 Å². The summed E-state index contributed by atoms with van der Waals surface area (Å²) in [5.74, 6) is -0.590. The van der Waals surface area contributed by atoms with Gasteiger partial charge in [0.1, 0.15) is 13.1 Å². The predicted octanol–water partition coefficient (Wildman–Crippen LogP) is 3.96. The molecule has 0 radical (unpaired) electrons. The third kappa shape index (κ3) is 5.98. The van der Waals surface area contributed by atoms with Crippen LogP contribution in [0.1, 0.15) is 38.8 Å². The maximum atomic E-state index is 11.8. The van der Waals surface area contributed by atoms with Crippen LogP contribution in [0.4, 0.5) is 11.4 Å². The molecule has 2 aromatic carbocycles. The molecule has 0 spiro atoms. The van der Waals surface area contributed by atoms with Crippen molar-refractivity contribution < 1.29 is 19.1 Å². The van der Waals surface area contributed by atoms with E-state index in [4.69, 9.17) is 9.47 Å².